The van der Waals surface area contributed by atoms with Crippen molar-refractivity contribution in [3.8, 4) is 5.75 Å². The molecule has 0 radical (unpaired) electrons. The zero-order valence-electron chi connectivity index (χ0n) is 7.21. The van der Waals surface area contributed by atoms with E-state index in [9.17, 15) is 0 Å². The molecule has 1 aromatic carbocycles. The molecular formula is C10H13NO. The lowest BCUT2D eigenvalue weighted by atomic mass is 10.0. The van der Waals surface area contributed by atoms with Crippen LogP contribution in [0.3, 0.4) is 0 Å². The van der Waals surface area contributed by atoms with E-state index in [-0.39, 0.29) is 6.04 Å². The number of nitrogens with two attached hydrogens (primary N) is 1. The molecule has 0 fully saturated rings. The van der Waals surface area contributed by atoms with Gasteiger partial charge in [0, 0.05) is 6.04 Å². The van der Waals surface area contributed by atoms with Gasteiger partial charge in [-0.3, -0.25) is 0 Å². The summed E-state index contributed by atoms with van der Waals surface area (Å²) >= 11 is 0. The fourth-order valence-electron chi connectivity index (χ4n) is 1.61. The Balaban J connectivity index is 2.42. The molecule has 64 valence electrons. The van der Waals surface area contributed by atoms with Gasteiger partial charge in [-0.05, 0) is 24.5 Å². The molecule has 0 aromatic heterocycles. The third kappa shape index (κ3) is 1.18. The van der Waals surface area contributed by atoms with Gasteiger partial charge >= 0.3 is 0 Å². The van der Waals surface area contributed by atoms with Crippen LogP contribution in [0.1, 0.15) is 11.1 Å². The molecule has 0 aliphatic carbocycles. The van der Waals surface area contributed by atoms with Crippen molar-refractivity contribution in [2.24, 2.45) is 5.73 Å². The number of hydrogen-bond acceptors (Lipinski definition) is 2. The summed E-state index contributed by atoms with van der Waals surface area (Å²) in [6.45, 7) is 2.72. The largest absolute Gasteiger partial charge is 0.491 e. The minimum Gasteiger partial charge on any atom is -0.491 e. The monoisotopic (exact) mass is 163 g/mol. The van der Waals surface area contributed by atoms with Crippen molar-refractivity contribution < 1.29 is 4.74 Å². The second kappa shape index (κ2) is 2.79. The first-order chi connectivity index (χ1) is 5.77. The van der Waals surface area contributed by atoms with Gasteiger partial charge in [0.2, 0.25) is 0 Å². The van der Waals surface area contributed by atoms with E-state index in [1.54, 1.807) is 0 Å². The van der Waals surface area contributed by atoms with Crippen LogP contribution in [0.4, 0.5) is 0 Å². The van der Waals surface area contributed by atoms with Gasteiger partial charge in [-0.1, -0.05) is 18.2 Å². The maximum Gasteiger partial charge on any atom is 0.125 e. The van der Waals surface area contributed by atoms with Crippen LogP contribution in [0, 0.1) is 6.92 Å². The SMILES string of the molecule is Cc1cccc2c1OC[C@@H](N)C2. The van der Waals surface area contributed by atoms with Crippen molar-refractivity contribution in [2.45, 2.75) is 19.4 Å². The molecule has 0 amide bonds. The van der Waals surface area contributed by atoms with E-state index in [1.807, 2.05) is 0 Å². The lowest BCUT2D eigenvalue weighted by Gasteiger charge is -2.23. The second-order valence-corrected chi connectivity index (χ2v) is 3.34. The summed E-state index contributed by atoms with van der Waals surface area (Å²) in [4.78, 5) is 0. The standard InChI is InChI=1S/C10H13NO/c1-7-3-2-4-8-5-9(11)6-12-10(7)8/h2-4,9H,5-6,11H2,1H3/t9-/m0/s1. The summed E-state index contributed by atoms with van der Waals surface area (Å²) in [6, 6.07) is 6.37. The molecular weight excluding hydrogens is 150 g/mol. The van der Waals surface area contributed by atoms with E-state index in [2.05, 4.69) is 25.1 Å². The van der Waals surface area contributed by atoms with Crippen molar-refractivity contribution in [3.05, 3.63) is 29.3 Å². The quantitative estimate of drug-likeness (QED) is 0.625. The van der Waals surface area contributed by atoms with E-state index in [4.69, 9.17) is 10.5 Å². The average molecular weight is 163 g/mol. The third-order valence-electron chi connectivity index (χ3n) is 2.22. The van der Waals surface area contributed by atoms with Crippen LogP contribution in [0.2, 0.25) is 0 Å². The van der Waals surface area contributed by atoms with Crippen molar-refractivity contribution in [3.63, 3.8) is 0 Å². The maximum absolute atomic E-state index is 5.77. The van der Waals surface area contributed by atoms with E-state index < -0.39 is 0 Å². The van der Waals surface area contributed by atoms with Crippen LogP contribution in [0.5, 0.6) is 5.75 Å². The van der Waals surface area contributed by atoms with E-state index in [0.717, 1.165) is 12.2 Å². The van der Waals surface area contributed by atoms with Gasteiger partial charge in [0.05, 0.1) is 0 Å². The maximum atomic E-state index is 5.77. The number of para-hydroxylation sites is 1. The number of aryl methyl sites for hydroxylation is 1. The highest BCUT2D eigenvalue weighted by molar-refractivity contribution is 5.42. The molecule has 0 saturated heterocycles. The van der Waals surface area contributed by atoms with E-state index in [0.29, 0.717) is 6.61 Å². The molecule has 2 rings (SSSR count). The Labute approximate surface area is 72.3 Å². The van der Waals surface area contributed by atoms with Crippen molar-refractivity contribution in [1.29, 1.82) is 0 Å². The molecule has 2 nitrogen and oxygen atoms in total. The van der Waals surface area contributed by atoms with Gasteiger partial charge in [0.15, 0.2) is 0 Å². The molecule has 1 aliphatic heterocycles. The number of benzene rings is 1. The number of rotatable bonds is 0. The molecule has 1 aliphatic rings. The highest BCUT2D eigenvalue weighted by Crippen LogP contribution is 2.27. The summed E-state index contributed by atoms with van der Waals surface area (Å²) in [6.07, 6.45) is 0.941. The summed E-state index contributed by atoms with van der Waals surface area (Å²) in [5.74, 6) is 1.04. The average Bonchev–Trinajstić information content (AvgIpc) is 2.04. The number of fused-ring (bicyclic) bond motifs is 1. The van der Waals surface area contributed by atoms with Gasteiger partial charge in [-0.2, -0.15) is 0 Å². The fourth-order valence-corrected chi connectivity index (χ4v) is 1.61. The van der Waals surface area contributed by atoms with Crippen LogP contribution in [0.15, 0.2) is 18.2 Å². The Morgan fingerprint density at radius 3 is 3.17 bits per heavy atom. The molecule has 2 heteroatoms. The van der Waals surface area contributed by atoms with Crippen LogP contribution in [-0.4, -0.2) is 12.6 Å². The lowest BCUT2D eigenvalue weighted by molar-refractivity contribution is 0.262. The molecule has 2 N–H and O–H groups in total. The molecule has 1 aromatic rings. The van der Waals surface area contributed by atoms with Gasteiger partial charge in [0.25, 0.3) is 0 Å². The number of hydrogen-bond donors (Lipinski definition) is 1. The molecule has 0 bridgehead atoms. The zero-order chi connectivity index (χ0) is 8.55. The highest BCUT2D eigenvalue weighted by Gasteiger charge is 2.17. The highest BCUT2D eigenvalue weighted by atomic mass is 16.5. The lowest BCUT2D eigenvalue weighted by Crippen LogP contribution is -2.34. The molecule has 0 spiro atoms. The number of ether oxygens (including phenoxy) is 1. The van der Waals surface area contributed by atoms with Gasteiger partial charge < -0.3 is 10.5 Å². The Morgan fingerprint density at radius 2 is 2.33 bits per heavy atom. The van der Waals surface area contributed by atoms with Gasteiger partial charge in [-0.15, -0.1) is 0 Å². The molecule has 1 atom stereocenters. The topological polar surface area (TPSA) is 35.2 Å². The smallest absolute Gasteiger partial charge is 0.125 e. The third-order valence-corrected chi connectivity index (χ3v) is 2.22. The van der Waals surface area contributed by atoms with Crippen LogP contribution in [0.25, 0.3) is 0 Å². The first kappa shape index (κ1) is 7.62. The molecule has 12 heavy (non-hydrogen) atoms. The van der Waals surface area contributed by atoms with Crippen molar-refractivity contribution in [2.75, 3.05) is 6.61 Å². The minimum absolute atomic E-state index is 0.166. The van der Waals surface area contributed by atoms with Crippen molar-refractivity contribution >= 4 is 0 Å². The van der Waals surface area contributed by atoms with Crippen LogP contribution >= 0.6 is 0 Å². The molecule has 1 heterocycles. The summed E-state index contributed by atoms with van der Waals surface area (Å²) in [7, 11) is 0. The van der Waals surface area contributed by atoms with Gasteiger partial charge in [0.1, 0.15) is 12.4 Å². The fraction of sp³-hybridized carbons (Fsp3) is 0.400. The first-order valence-corrected chi connectivity index (χ1v) is 4.24. The summed E-state index contributed by atoms with van der Waals surface area (Å²) in [5.41, 5.74) is 8.23. The normalized spacial score (nSPS) is 21.3. The Morgan fingerprint density at radius 1 is 1.50 bits per heavy atom. The Bertz CT molecular complexity index is 296. The van der Waals surface area contributed by atoms with Crippen LogP contribution < -0.4 is 10.5 Å². The summed E-state index contributed by atoms with van der Waals surface area (Å²) < 4.78 is 5.54. The first-order valence-electron chi connectivity index (χ1n) is 4.24. The van der Waals surface area contributed by atoms with Gasteiger partial charge in [-0.25, -0.2) is 0 Å². The zero-order valence-corrected chi connectivity index (χ0v) is 7.21. The predicted molar refractivity (Wildman–Crippen MR) is 48.4 cm³/mol. The molecule has 0 unspecified atom stereocenters. The molecule has 0 saturated carbocycles. The van der Waals surface area contributed by atoms with Crippen molar-refractivity contribution in [1.82, 2.24) is 0 Å². The van der Waals surface area contributed by atoms with Crippen LogP contribution in [-0.2, 0) is 6.42 Å². The second-order valence-electron chi connectivity index (χ2n) is 3.34. The van der Waals surface area contributed by atoms with E-state index in [1.165, 1.54) is 11.1 Å². The summed E-state index contributed by atoms with van der Waals surface area (Å²) in [5, 5.41) is 0. The Kier molecular flexibility index (Phi) is 1.77. The minimum atomic E-state index is 0.166. The van der Waals surface area contributed by atoms with E-state index >= 15 is 0 Å². The predicted octanol–water partition coefficient (Wildman–Crippen LogP) is 1.26. The Hall–Kier alpha value is -1.02.